The lowest BCUT2D eigenvalue weighted by molar-refractivity contribution is 0.318. The first-order valence-corrected chi connectivity index (χ1v) is 6.40. The maximum absolute atomic E-state index is 8.81. The van der Waals surface area contributed by atoms with E-state index >= 15 is 0 Å². The largest absolute Gasteiger partial charge is 0.409 e. The van der Waals surface area contributed by atoms with Crippen molar-refractivity contribution in [3.63, 3.8) is 0 Å². The van der Waals surface area contributed by atoms with E-state index in [1.807, 2.05) is 12.1 Å². The molecule has 2 heterocycles. The fraction of sp³-hybridized carbons (Fsp3) is 0.538. The van der Waals surface area contributed by atoms with Gasteiger partial charge in [0.1, 0.15) is 5.69 Å². The van der Waals surface area contributed by atoms with E-state index in [1.54, 1.807) is 6.20 Å². The van der Waals surface area contributed by atoms with Gasteiger partial charge in [-0.2, -0.15) is 0 Å². The summed E-state index contributed by atoms with van der Waals surface area (Å²) in [4.78, 5) is 6.50. The van der Waals surface area contributed by atoms with Crippen molar-refractivity contribution in [1.82, 2.24) is 4.98 Å². The summed E-state index contributed by atoms with van der Waals surface area (Å²) in [5, 5.41) is 11.9. The zero-order valence-electron chi connectivity index (χ0n) is 10.7. The third kappa shape index (κ3) is 2.72. The van der Waals surface area contributed by atoms with Crippen LogP contribution < -0.4 is 10.6 Å². The molecule has 1 fully saturated rings. The van der Waals surface area contributed by atoms with Gasteiger partial charge >= 0.3 is 0 Å². The van der Waals surface area contributed by atoms with Crippen LogP contribution in [0.15, 0.2) is 23.5 Å². The molecule has 1 aromatic rings. The Kier molecular flexibility index (Phi) is 4.02. The van der Waals surface area contributed by atoms with Crippen molar-refractivity contribution in [1.29, 1.82) is 0 Å². The van der Waals surface area contributed by atoms with Crippen LogP contribution in [0.2, 0.25) is 0 Å². The monoisotopic (exact) mass is 248 g/mol. The lowest BCUT2D eigenvalue weighted by Gasteiger charge is -2.24. The number of anilines is 1. The van der Waals surface area contributed by atoms with Crippen LogP contribution in [0.3, 0.4) is 0 Å². The van der Waals surface area contributed by atoms with Crippen LogP contribution in [0.4, 0.5) is 5.69 Å². The Morgan fingerprint density at radius 3 is 3.11 bits per heavy atom. The van der Waals surface area contributed by atoms with Crippen LogP contribution in [0, 0.1) is 5.92 Å². The van der Waals surface area contributed by atoms with Crippen LogP contribution >= 0.6 is 0 Å². The van der Waals surface area contributed by atoms with Crippen LogP contribution in [-0.2, 0) is 0 Å². The maximum atomic E-state index is 8.81. The number of rotatable bonds is 2. The van der Waals surface area contributed by atoms with Gasteiger partial charge < -0.3 is 15.8 Å². The van der Waals surface area contributed by atoms with Gasteiger partial charge in [0, 0.05) is 19.3 Å². The van der Waals surface area contributed by atoms with Crippen molar-refractivity contribution < 1.29 is 5.21 Å². The van der Waals surface area contributed by atoms with Gasteiger partial charge in [0.05, 0.1) is 5.69 Å². The number of aromatic nitrogens is 1. The summed E-state index contributed by atoms with van der Waals surface area (Å²) in [7, 11) is 0. The van der Waals surface area contributed by atoms with Gasteiger partial charge in [-0.1, -0.05) is 12.1 Å². The molecule has 1 saturated heterocycles. The van der Waals surface area contributed by atoms with Crippen LogP contribution in [0.5, 0.6) is 0 Å². The number of hydrogen-bond acceptors (Lipinski definition) is 4. The number of hydrogen-bond donors (Lipinski definition) is 2. The molecule has 1 unspecified atom stereocenters. The Bertz CT molecular complexity index is 433. The molecule has 0 radical (unpaired) electrons. The second kappa shape index (κ2) is 5.71. The second-order valence-corrected chi connectivity index (χ2v) is 4.88. The van der Waals surface area contributed by atoms with Crippen molar-refractivity contribution in [3.05, 3.63) is 24.0 Å². The Morgan fingerprint density at radius 1 is 1.50 bits per heavy atom. The zero-order valence-corrected chi connectivity index (χ0v) is 10.7. The van der Waals surface area contributed by atoms with Gasteiger partial charge in [0.2, 0.25) is 0 Å². The summed E-state index contributed by atoms with van der Waals surface area (Å²) in [6.45, 7) is 4.29. The van der Waals surface area contributed by atoms with E-state index in [0.29, 0.717) is 5.69 Å². The highest BCUT2D eigenvalue weighted by Crippen LogP contribution is 2.24. The van der Waals surface area contributed by atoms with Crippen LogP contribution in [0.25, 0.3) is 0 Å². The summed E-state index contributed by atoms with van der Waals surface area (Å²) < 4.78 is 0. The molecule has 5 nitrogen and oxygen atoms in total. The van der Waals surface area contributed by atoms with E-state index in [4.69, 9.17) is 10.9 Å². The number of pyridine rings is 1. The summed E-state index contributed by atoms with van der Waals surface area (Å²) in [6.07, 6.45) is 5.27. The van der Waals surface area contributed by atoms with Gasteiger partial charge in [0.15, 0.2) is 5.84 Å². The lowest BCUT2D eigenvalue weighted by Crippen LogP contribution is -2.28. The average Bonchev–Trinajstić information content (AvgIpc) is 2.62. The standard InChI is InChI=1S/C13H20N4O/c1-10-4-3-8-17(9-6-10)11-5-2-7-15-12(11)13(14)16-18/h2,5,7,10,18H,3-4,6,8-9H2,1H3,(H2,14,16). The number of amidine groups is 1. The summed E-state index contributed by atoms with van der Waals surface area (Å²) >= 11 is 0. The smallest absolute Gasteiger partial charge is 0.190 e. The van der Waals surface area contributed by atoms with Gasteiger partial charge in [-0.05, 0) is 37.3 Å². The Hall–Kier alpha value is -1.78. The van der Waals surface area contributed by atoms with E-state index < -0.39 is 0 Å². The molecule has 3 N–H and O–H groups in total. The number of oxime groups is 1. The predicted octanol–water partition coefficient (Wildman–Crippen LogP) is 1.80. The van der Waals surface area contributed by atoms with Crippen LogP contribution in [-0.4, -0.2) is 29.1 Å². The molecule has 1 aliphatic rings. The third-order valence-corrected chi connectivity index (χ3v) is 3.49. The first kappa shape index (κ1) is 12.7. The molecule has 0 saturated carbocycles. The minimum Gasteiger partial charge on any atom is -0.409 e. The molecule has 1 aromatic heterocycles. The van der Waals surface area contributed by atoms with Crippen molar-refractivity contribution in [2.75, 3.05) is 18.0 Å². The van der Waals surface area contributed by atoms with Crippen molar-refractivity contribution in [2.45, 2.75) is 26.2 Å². The fourth-order valence-electron chi connectivity index (χ4n) is 2.40. The summed E-state index contributed by atoms with van der Waals surface area (Å²) in [5.41, 5.74) is 7.20. The summed E-state index contributed by atoms with van der Waals surface area (Å²) in [6, 6.07) is 3.87. The molecular formula is C13H20N4O. The molecule has 5 heteroatoms. The van der Waals surface area contributed by atoms with Gasteiger partial charge in [-0.25, -0.2) is 0 Å². The van der Waals surface area contributed by atoms with Crippen molar-refractivity contribution >= 4 is 11.5 Å². The minimum atomic E-state index is 0.0721. The normalized spacial score (nSPS) is 21.7. The fourth-order valence-corrected chi connectivity index (χ4v) is 2.40. The van der Waals surface area contributed by atoms with E-state index in [2.05, 4.69) is 22.0 Å². The van der Waals surface area contributed by atoms with Crippen molar-refractivity contribution in [3.8, 4) is 0 Å². The van der Waals surface area contributed by atoms with E-state index in [9.17, 15) is 0 Å². The minimum absolute atomic E-state index is 0.0721. The SMILES string of the molecule is CC1CCCN(c2cccnc2/C(N)=N/O)CC1. The highest BCUT2D eigenvalue weighted by molar-refractivity contribution is 6.00. The molecule has 18 heavy (non-hydrogen) atoms. The second-order valence-electron chi connectivity index (χ2n) is 4.88. The molecule has 0 spiro atoms. The third-order valence-electron chi connectivity index (χ3n) is 3.49. The molecule has 1 atom stereocenters. The molecule has 2 rings (SSSR count). The zero-order chi connectivity index (χ0) is 13.0. The molecule has 1 aliphatic heterocycles. The van der Waals surface area contributed by atoms with Crippen molar-refractivity contribution in [2.24, 2.45) is 16.8 Å². The molecule has 98 valence electrons. The molecule has 0 aromatic carbocycles. The average molecular weight is 248 g/mol. The number of nitrogens with zero attached hydrogens (tertiary/aromatic N) is 3. The lowest BCUT2D eigenvalue weighted by atomic mass is 10.0. The molecule has 0 amide bonds. The topological polar surface area (TPSA) is 74.7 Å². The van der Waals surface area contributed by atoms with E-state index in [-0.39, 0.29) is 5.84 Å². The molecule has 0 bridgehead atoms. The molecule has 0 aliphatic carbocycles. The first-order valence-electron chi connectivity index (χ1n) is 6.40. The van der Waals surface area contributed by atoms with Gasteiger partial charge in [0.25, 0.3) is 0 Å². The van der Waals surface area contributed by atoms with Gasteiger partial charge in [-0.15, -0.1) is 0 Å². The van der Waals surface area contributed by atoms with Gasteiger partial charge in [-0.3, -0.25) is 4.98 Å². The Labute approximate surface area is 107 Å². The quantitative estimate of drug-likeness (QED) is 0.362. The maximum Gasteiger partial charge on any atom is 0.190 e. The molecular weight excluding hydrogens is 228 g/mol. The highest BCUT2D eigenvalue weighted by atomic mass is 16.4. The number of nitrogens with two attached hydrogens (primary N) is 1. The van der Waals surface area contributed by atoms with Crippen LogP contribution in [0.1, 0.15) is 31.9 Å². The van der Waals surface area contributed by atoms with E-state index in [1.165, 1.54) is 19.3 Å². The predicted molar refractivity (Wildman–Crippen MR) is 72.0 cm³/mol. The van der Waals surface area contributed by atoms with E-state index in [0.717, 1.165) is 24.7 Å². The Balaban J connectivity index is 2.27. The summed E-state index contributed by atoms with van der Waals surface area (Å²) in [5.74, 6) is 0.835. The first-order chi connectivity index (χ1) is 8.72. The highest BCUT2D eigenvalue weighted by Gasteiger charge is 2.18. The Morgan fingerprint density at radius 2 is 2.33 bits per heavy atom.